The minimum Gasteiger partial charge on any atom is -0.378 e. The van der Waals surface area contributed by atoms with Gasteiger partial charge >= 0.3 is 0 Å². The van der Waals surface area contributed by atoms with Gasteiger partial charge in [0.1, 0.15) is 0 Å². The molecule has 2 rings (SSSR count). The van der Waals surface area contributed by atoms with Crippen molar-refractivity contribution in [2.45, 2.75) is 37.8 Å². The highest BCUT2D eigenvalue weighted by atomic mass is 79.9. The first-order chi connectivity index (χ1) is 7.81. The van der Waals surface area contributed by atoms with Crippen LogP contribution < -0.4 is 11.3 Å². The Bertz CT molecular complexity index is 326. The highest BCUT2D eigenvalue weighted by molar-refractivity contribution is 9.10. The fourth-order valence-corrected chi connectivity index (χ4v) is 3.81. The minimum atomic E-state index is 0.235. The summed E-state index contributed by atoms with van der Waals surface area (Å²) in [6.45, 7) is 0.925. The van der Waals surface area contributed by atoms with E-state index >= 15 is 0 Å². The van der Waals surface area contributed by atoms with Crippen molar-refractivity contribution in [3.63, 3.8) is 0 Å². The smallest absolute Gasteiger partial charge is 0.0576 e. The summed E-state index contributed by atoms with van der Waals surface area (Å²) in [5, 5.41) is 2.08. The van der Waals surface area contributed by atoms with E-state index in [4.69, 9.17) is 10.6 Å². The first kappa shape index (κ1) is 12.5. The topological polar surface area (TPSA) is 47.3 Å². The van der Waals surface area contributed by atoms with E-state index in [2.05, 4.69) is 32.8 Å². The Kier molecular flexibility index (Phi) is 4.79. The number of rotatable bonds is 5. The molecule has 2 atom stereocenters. The Morgan fingerprint density at radius 1 is 1.69 bits per heavy atom. The van der Waals surface area contributed by atoms with E-state index in [1.165, 1.54) is 17.7 Å². The molecule has 0 amide bonds. The van der Waals surface area contributed by atoms with Gasteiger partial charge in [-0.2, -0.15) is 0 Å². The Labute approximate surface area is 108 Å². The van der Waals surface area contributed by atoms with Crippen molar-refractivity contribution in [1.29, 1.82) is 0 Å². The molecule has 0 spiro atoms. The van der Waals surface area contributed by atoms with Gasteiger partial charge in [0.05, 0.1) is 12.1 Å². The van der Waals surface area contributed by atoms with Gasteiger partial charge < -0.3 is 4.74 Å². The van der Waals surface area contributed by atoms with Gasteiger partial charge in [0.2, 0.25) is 0 Å². The second kappa shape index (κ2) is 6.12. The molecule has 3 nitrogen and oxygen atoms in total. The van der Waals surface area contributed by atoms with Crippen LogP contribution in [0, 0.1) is 0 Å². The van der Waals surface area contributed by atoms with Gasteiger partial charge in [0.25, 0.3) is 0 Å². The second-order valence-corrected chi connectivity index (χ2v) is 5.87. The molecule has 1 aromatic heterocycles. The van der Waals surface area contributed by atoms with Crippen LogP contribution in [0.3, 0.4) is 0 Å². The largest absolute Gasteiger partial charge is 0.378 e. The van der Waals surface area contributed by atoms with E-state index in [1.54, 1.807) is 11.3 Å². The molecule has 90 valence electrons. The predicted octanol–water partition coefficient (Wildman–Crippen LogP) is 2.97. The molecule has 0 bridgehead atoms. The lowest BCUT2D eigenvalue weighted by molar-refractivity contribution is 0.0997. The number of halogens is 1. The first-order valence-corrected chi connectivity index (χ1v) is 7.29. The quantitative estimate of drug-likeness (QED) is 0.649. The lowest BCUT2D eigenvalue weighted by atomic mass is 10.1. The number of hydrogen-bond donors (Lipinski definition) is 2. The first-order valence-electron chi connectivity index (χ1n) is 5.62. The summed E-state index contributed by atoms with van der Waals surface area (Å²) in [6.07, 6.45) is 4.95. The number of hydrogen-bond acceptors (Lipinski definition) is 4. The van der Waals surface area contributed by atoms with Crippen LogP contribution in [0.25, 0.3) is 0 Å². The molecule has 5 heteroatoms. The van der Waals surface area contributed by atoms with E-state index in [9.17, 15) is 0 Å². The van der Waals surface area contributed by atoms with Crippen molar-refractivity contribution in [3.05, 3.63) is 20.8 Å². The average molecular weight is 305 g/mol. The zero-order valence-corrected chi connectivity index (χ0v) is 11.5. The van der Waals surface area contributed by atoms with Gasteiger partial charge in [0, 0.05) is 16.0 Å². The second-order valence-electron chi connectivity index (χ2n) is 4.06. The molecule has 1 aliphatic rings. The SMILES string of the molecule is NNC(CCC1CCCO1)c1sccc1Br. The lowest BCUT2D eigenvalue weighted by Gasteiger charge is -2.17. The maximum absolute atomic E-state index is 5.62. The van der Waals surface area contributed by atoms with Crippen molar-refractivity contribution < 1.29 is 4.74 Å². The molecular formula is C11H17BrN2OS. The highest BCUT2D eigenvalue weighted by Gasteiger charge is 2.20. The zero-order valence-electron chi connectivity index (χ0n) is 9.12. The number of nitrogens with one attached hydrogen (secondary N) is 1. The van der Waals surface area contributed by atoms with Crippen LogP contribution in [-0.4, -0.2) is 12.7 Å². The van der Waals surface area contributed by atoms with Crippen LogP contribution in [0.2, 0.25) is 0 Å². The number of hydrazine groups is 1. The van der Waals surface area contributed by atoms with Crippen LogP contribution in [0.15, 0.2) is 15.9 Å². The van der Waals surface area contributed by atoms with E-state index in [0.29, 0.717) is 6.10 Å². The van der Waals surface area contributed by atoms with Crippen LogP contribution >= 0.6 is 27.3 Å². The van der Waals surface area contributed by atoms with Crippen LogP contribution in [0.5, 0.6) is 0 Å². The Hall–Kier alpha value is 0.0600. The fraction of sp³-hybridized carbons (Fsp3) is 0.636. The summed E-state index contributed by atoms with van der Waals surface area (Å²) in [5.41, 5.74) is 2.89. The molecule has 0 saturated carbocycles. The van der Waals surface area contributed by atoms with Gasteiger partial charge in [0.15, 0.2) is 0 Å². The van der Waals surface area contributed by atoms with Crippen molar-refractivity contribution in [2.75, 3.05) is 6.61 Å². The van der Waals surface area contributed by atoms with Crippen molar-refractivity contribution in [2.24, 2.45) is 5.84 Å². The molecule has 3 N–H and O–H groups in total. The molecule has 0 radical (unpaired) electrons. The van der Waals surface area contributed by atoms with Crippen molar-refractivity contribution in [1.82, 2.24) is 5.43 Å². The van der Waals surface area contributed by atoms with Crippen LogP contribution in [0.4, 0.5) is 0 Å². The average Bonchev–Trinajstić information content (AvgIpc) is 2.92. The number of ether oxygens (including phenoxy) is 1. The summed E-state index contributed by atoms with van der Waals surface area (Å²) in [4.78, 5) is 1.28. The maximum atomic E-state index is 5.62. The summed E-state index contributed by atoms with van der Waals surface area (Å²) in [7, 11) is 0. The van der Waals surface area contributed by atoms with Crippen molar-refractivity contribution in [3.8, 4) is 0 Å². The zero-order chi connectivity index (χ0) is 11.4. The van der Waals surface area contributed by atoms with Crippen molar-refractivity contribution >= 4 is 27.3 Å². The monoisotopic (exact) mass is 304 g/mol. The molecule has 1 fully saturated rings. The Balaban J connectivity index is 1.88. The lowest BCUT2D eigenvalue weighted by Crippen LogP contribution is -2.28. The van der Waals surface area contributed by atoms with E-state index in [-0.39, 0.29) is 6.04 Å². The molecule has 2 heterocycles. The molecule has 16 heavy (non-hydrogen) atoms. The predicted molar refractivity (Wildman–Crippen MR) is 70.3 cm³/mol. The van der Waals surface area contributed by atoms with Crippen LogP contribution in [0.1, 0.15) is 36.6 Å². The highest BCUT2D eigenvalue weighted by Crippen LogP contribution is 2.32. The molecule has 2 unspecified atom stereocenters. The minimum absolute atomic E-state index is 0.235. The molecule has 0 aromatic carbocycles. The molecule has 1 saturated heterocycles. The van der Waals surface area contributed by atoms with Gasteiger partial charge in [-0.3, -0.25) is 11.3 Å². The van der Waals surface area contributed by atoms with E-state index in [1.807, 2.05) is 0 Å². The normalized spacial score (nSPS) is 22.5. The van der Waals surface area contributed by atoms with E-state index in [0.717, 1.165) is 23.9 Å². The summed E-state index contributed by atoms with van der Waals surface area (Å²) in [5.74, 6) is 5.61. The van der Waals surface area contributed by atoms with Gasteiger partial charge in [-0.1, -0.05) is 0 Å². The molecular weight excluding hydrogens is 288 g/mol. The summed E-state index contributed by atoms with van der Waals surface area (Å²) >= 11 is 5.28. The number of nitrogens with two attached hydrogens (primary N) is 1. The molecule has 0 aliphatic carbocycles. The number of thiophene rings is 1. The Morgan fingerprint density at radius 2 is 2.56 bits per heavy atom. The third kappa shape index (κ3) is 3.05. The van der Waals surface area contributed by atoms with Crippen LogP contribution in [-0.2, 0) is 4.74 Å². The standard InChI is InChI=1S/C11H17BrN2OS/c12-9-5-7-16-11(9)10(14-13)4-3-8-2-1-6-15-8/h5,7-8,10,14H,1-4,6,13H2. The van der Waals surface area contributed by atoms with Gasteiger partial charge in [-0.05, 0) is 53.1 Å². The summed E-state index contributed by atoms with van der Waals surface area (Å²) in [6, 6.07) is 2.30. The molecule has 1 aromatic rings. The third-order valence-corrected chi connectivity index (χ3v) is 4.95. The van der Waals surface area contributed by atoms with Gasteiger partial charge in [-0.25, -0.2) is 0 Å². The fourth-order valence-electron chi connectivity index (χ4n) is 2.07. The maximum Gasteiger partial charge on any atom is 0.0576 e. The molecule has 1 aliphatic heterocycles. The third-order valence-electron chi connectivity index (χ3n) is 2.96. The van der Waals surface area contributed by atoms with E-state index < -0.39 is 0 Å². The van der Waals surface area contributed by atoms with Gasteiger partial charge in [-0.15, -0.1) is 11.3 Å². The Morgan fingerprint density at radius 3 is 3.12 bits per heavy atom. The summed E-state index contributed by atoms with van der Waals surface area (Å²) < 4.78 is 6.76.